The van der Waals surface area contributed by atoms with E-state index < -0.39 is 48.5 Å². The van der Waals surface area contributed by atoms with Gasteiger partial charge in [-0.2, -0.15) is 31.6 Å². The van der Waals surface area contributed by atoms with E-state index in [-0.39, 0.29) is 22.8 Å². The minimum absolute atomic E-state index is 0.205. The maximum Gasteiger partial charge on any atom is 0.418 e. The van der Waals surface area contributed by atoms with Crippen molar-refractivity contribution in [2.75, 3.05) is 0 Å². The Balaban J connectivity index is 1.75. The summed E-state index contributed by atoms with van der Waals surface area (Å²) in [6, 6.07) is 10.3. The van der Waals surface area contributed by atoms with Crippen LogP contribution in [0.2, 0.25) is 5.02 Å². The fraction of sp³-hybridized carbons (Fsp3) is 0.227. The third-order valence-electron chi connectivity index (χ3n) is 5.28. The topological polar surface area (TPSA) is 115 Å². The zero-order valence-corrected chi connectivity index (χ0v) is 19.5. The first kappa shape index (κ1) is 26.9. The first-order chi connectivity index (χ1) is 17.8. The van der Waals surface area contributed by atoms with Crippen LogP contribution < -0.4 is 5.69 Å². The molecule has 1 unspecified atom stereocenters. The molecule has 2 aromatic carbocycles. The lowest BCUT2D eigenvalue weighted by atomic mass is 10.1. The molecular formula is C22H14ClF6N7O2. The van der Waals surface area contributed by atoms with Crippen molar-refractivity contribution >= 4 is 11.6 Å². The van der Waals surface area contributed by atoms with E-state index in [4.69, 9.17) is 11.6 Å². The summed E-state index contributed by atoms with van der Waals surface area (Å²) < 4.78 is 81.7. The van der Waals surface area contributed by atoms with Gasteiger partial charge in [-0.15, -0.1) is 10.2 Å². The van der Waals surface area contributed by atoms with Crippen molar-refractivity contribution in [1.82, 2.24) is 29.1 Å². The lowest BCUT2D eigenvalue weighted by Crippen LogP contribution is -2.37. The van der Waals surface area contributed by atoms with Gasteiger partial charge in [0.2, 0.25) is 0 Å². The Bertz CT molecular complexity index is 1570. The lowest BCUT2D eigenvalue weighted by Gasteiger charge is -2.15. The minimum Gasteiger partial charge on any atom is -0.382 e. The standard InChI is InChI=1S/C22H14ClF6N7O2/c23-14-6-4-12(5-7-14)19-33-35(20(38)34(19)9-16(37)22(27,28)29)10-17-31-11-36(32-17)18-13(8-30)2-1-3-15(18)21(24,25)26/h1-7,11,16,37H,9-10H2. The summed E-state index contributed by atoms with van der Waals surface area (Å²) in [7, 11) is 0. The highest BCUT2D eigenvalue weighted by atomic mass is 35.5. The van der Waals surface area contributed by atoms with Crippen LogP contribution in [0.4, 0.5) is 26.3 Å². The number of aliphatic hydroxyl groups excluding tert-OH is 1. The van der Waals surface area contributed by atoms with Crippen molar-refractivity contribution in [1.29, 1.82) is 5.26 Å². The summed E-state index contributed by atoms with van der Waals surface area (Å²) in [5.41, 5.74) is -2.95. The smallest absolute Gasteiger partial charge is 0.382 e. The van der Waals surface area contributed by atoms with E-state index in [1.54, 1.807) is 6.07 Å². The summed E-state index contributed by atoms with van der Waals surface area (Å²) in [5.74, 6) is -0.458. The zero-order chi connectivity index (χ0) is 27.8. The molecule has 0 bridgehead atoms. The molecule has 0 spiro atoms. The Kier molecular flexibility index (Phi) is 7.04. The van der Waals surface area contributed by atoms with Crippen LogP contribution in [0.5, 0.6) is 0 Å². The predicted octanol–water partition coefficient (Wildman–Crippen LogP) is 3.81. The molecule has 2 aromatic heterocycles. The molecule has 1 atom stereocenters. The van der Waals surface area contributed by atoms with E-state index >= 15 is 0 Å². The van der Waals surface area contributed by atoms with Gasteiger partial charge in [-0.3, -0.25) is 4.57 Å². The summed E-state index contributed by atoms with van der Waals surface area (Å²) in [5, 5.41) is 27.1. The third-order valence-corrected chi connectivity index (χ3v) is 5.53. The van der Waals surface area contributed by atoms with Crippen LogP contribution >= 0.6 is 11.6 Å². The molecule has 38 heavy (non-hydrogen) atoms. The van der Waals surface area contributed by atoms with Gasteiger partial charge in [0.15, 0.2) is 17.8 Å². The van der Waals surface area contributed by atoms with E-state index in [1.165, 1.54) is 24.3 Å². The largest absolute Gasteiger partial charge is 0.418 e. The number of benzene rings is 2. The molecule has 16 heteroatoms. The first-order valence-electron chi connectivity index (χ1n) is 10.5. The van der Waals surface area contributed by atoms with E-state index in [1.807, 2.05) is 0 Å². The number of nitriles is 1. The number of alkyl halides is 6. The predicted molar refractivity (Wildman–Crippen MR) is 119 cm³/mol. The summed E-state index contributed by atoms with van der Waals surface area (Å²) >= 11 is 5.85. The molecule has 0 aliphatic rings. The molecule has 0 aliphatic heterocycles. The second-order valence-electron chi connectivity index (χ2n) is 7.86. The van der Waals surface area contributed by atoms with Crippen molar-refractivity contribution in [2.24, 2.45) is 0 Å². The SMILES string of the molecule is N#Cc1cccc(C(F)(F)F)c1-n1cnc(Cn2nc(-c3ccc(Cl)cc3)n(CC(O)C(F)(F)F)c2=O)n1. The summed E-state index contributed by atoms with van der Waals surface area (Å²) in [6.45, 7) is -1.72. The number of aliphatic hydroxyl groups is 1. The Morgan fingerprint density at radius 1 is 1.05 bits per heavy atom. The molecule has 4 aromatic rings. The number of aromatic nitrogens is 6. The Morgan fingerprint density at radius 3 is 2.34 bits per heavy atom. The van der Waals surface area contributed by atoms with Gasteiger partial charge in [0.25, 0.3) is 0 Å². The number of hydrogen-bond acceptors (Lipinski definition) is 6. The van der Waals surface area contributed by atoms with Gasteiger partial charge < -0.3 is 5.11 Å². The average molecular weight is 558 g/mol. The van der Waals surface area contributed by atoms with E-state index in [9.17, 15) is 41.5 Å². The highest BCUT2D eigenvalue weighted by Crippen LogP contribution is 2.35. The van der Waals surface area contributed by atoms with Gasteiger partial charge in [-0.1, -0.05) is 17.7 Å². The van der Waals surface area contributed by atoms with Crippen LogP contribution in [-0.2, 0) is 19.3 Å². The number of nitrogens with zero attached hydrogens (tertiary/aromatic N) is 7. The van der Waals surface area contributed by atoms with Crippen molar-refractivity contribution in [2.45, 2.75) is 31.5 Å². The van der Waals surface area contributed by atoms with Crippen molar-refractivity contribution < 1.29 is 31.4 Å². The Labute approximate surface area is 213 Å². The third kappa shape index (κ3) is 5.41. The van der Waals surface area contributed by atoms with Crippen LogP contribution in [0.15, 0.2) is 53.6 Å². The maximum atomic E-state index is 13.5. The van der Waals surface area contributed by atoms with Gasteiger partial charge in [0.1, 0.15) is 18.9 Å². The minimum atomic E-state index is -5.02. The van der Waals surface area contributed by atoms with Gasteiger partial charge in [-0.05, 0) is 36.4 Å². The number of halogens is 7. The van der Waals surface area contributed by atoms with E-state index in [0.717, 1.165) is 24.5 Å². The highest BCUT2D eigenvalue weighted by molar-refractivity contribution is 6.30. The van der Waals surface area contributed by atoms with Crippen molar-refractivity contribution in [3.63, 3.8) is 0 Å². The van der Waals surface area contributed by atoms with Crippen molar-refractivity contribution in [3.8, 4) is 23.1 Å². The van der Waals surface area contributed by atoms with Gasteiger partial charge in [-0.25, -0.2) is 19.1 Å². The molecule has 198 valence electrons. The van der Waals surface area contributed by atoms with Gasteiger partial charge in [0, 0.05) is 10.6 Å². The Hall–Kier alpha value is -4.16. The maximum absolute atomic E-state index is 13.5. The van der Waals surface area contributed by atoms with Crippen molar-refractivity contribution in [3.05, 3.63) is 81.3 Å². The molecule has 0 radical (unpaired) electrons. The van der Waals surface area contributed by atoms with Gasteiger partial charge >= 0.3 is 18.0 Å². The normalized spacial score (nSPS) is 12.9. The van der Waals surface area contributed by atoms with Crippen LogP contribution in [0.3, 0.4) is 0 Å². The second-order valence-corrected chi connectivity index (χ2v) is 8.29. The Morgan fingerprint density at radius 2 is 1.74 bits per heavy atom. The van der Waals surface area contributed by atoms with E-state index in [2.05, 4.69) is 15.2 Å². The van der Waals surface area contributed by atoms with E-state index in [0.29, 0.717) is 19.0 Å². The number of rotatable bonds is 6. The van der Waals surface area contributed by atoms with Gasteiger partial charge in [0.05, 0.1) is 23.4 Å². The fourth-order valence-electron chi connectivity index (χ4n) is 3.52. The second kappa shape index (κ2) is 9.95. The lowest BCUT2D eigenvalue weighted by molar-refractivity contribution is -0.207. The zero-order valence-electron chi connectivity index (χ0n) is 18.7. The molecule has 4 rings (SSSR count). The molecule has 0 aliphatic carbocycles. The van der Waals surface area contributed by atoms with Crippen LogP contribution in [0.1, 0.15) is 17.0 Å². The molecule has 0 amide bonds. The summed E-state index contributed by atoms with van der Waals surface area (Å²) in [4.78, 5) is 16.8. The number of hydrogen-bond donors (Lipinski definition) is 1. The molecule has 2 heterocycles. The molecule has 0 saturated carbocycles. The fourth-order valence-corrected chi connectivity index (χ4v) is 3.64. The first-order valence-corrected chi connectivity index (χ1v) is 10.9. The van der Waals surface area contributed by atoms with Crippen LogP contribution in [-0.4, -0.2) is 46.5 Å². The molecule has 9 nitrogen and oxygen atoms in total. The van der Waals surface area contributed by atoms with Crippen LogP contribution in [0, 0.1) is 11.3 Å². The molecule has 1 N–H and O–H groups in total. The molecule has 0 fully saturated rings. The quantitative estimate of drug-likeness (QED) is 0.361. The van der Waals surface area contributed by atoms with Crippen LogP contribution in [0.25, 0.3) is 17.1 Å². The monoisotopic (exact) mass is 557 g/mol. The molecular weight excluding hydrogens is 544 g/mol. The summed E-state index contributed by atoms with van der Waals surface area (Å²) in [6.07, 6.45) is -11.8. The molecule has 0 saturated heterocycles. The number of para-hydroxylation sites is 1. The highest BCUT2D eigenvalue weighted by Gasteiger charge is 2.39. The average Bonchev–Trinajstić information content (AvgIpc) is 3.43.